The summed E-state index contributed by atoms with van der Waals surface area (Å²) in [5.74, 6) is 0.722. The number of halogens is 1. The zero-order valence-electron chi connectivity index (χ0n) is 14.8. The molecule has 0 radical (unpaired) electrons. The van der Waals surface area contributed by atoms with Crippen LogP contribution in [0.25, 0.3) is 11.1 Å². The van der Waals surface area contributed by atoms with E-state index in [1.807, 2.05) is 0 Å². The number of nitrogen functional groups attached to an aromatic ring is 1. The topological polar surface area (TPSA) is 94.0 Å². The number of aromatic nitrogens is 2. The van der Waals surface area contributed by atoms with Crippen LogP contribution in [0.15, 0.2) is 47.1 Å². The average Bonchev–Trinajstić information content (AvgIpc) is 3.21. The molecule has 1 amide bonds. The zero-order chi connectivity index (χ0) is 19.0. The van der Waals surface area contributed by atoms with Gasteiger partial charge in [-0.05, 0) is 42.2 Å². The molecule has 4 rings (SSSR count). The van der Waals surface area contributed by atoms with E-state index in [1.54, 1.807) is 36.5 Å². The maximum absolute atomic E-state index is 14.4. The van der Waals surface area contributed by atoms with Gasteiger partial charge in [0.1, 0.15) is 17.4 Å². The molecule has 1 aliphatic rings. The van der Waals surface area contributed by atoms with Crippen LogP contribution in [0.5, 0.6) is 0 Å². The third-order valence-corrected chi connectivity index (χ3v) is 4.90. The Morgan fingerprint density at radius 3 is 2.70 bits per heavy atom. The second kappa shape index (κ2) is 6.50. The van der Waals surface area contributed by atoms with Gasteiger partial charge in [0.05, 0.1) is 6.42 Å². The van der Waals surface area contributed by atoms with Crippen LogP contribution in [0.2, 0.25) is 0 Å². The van der Waals surface area contributed by atoms with Gasteiger partial charge in [0.25, 0.3) is 0 Å². The predicted molar refractivity (Wildman–Crippen MR) is 99.5 cm³/mol. The number of hydrogen-bond donors (Lipinski definition) is 2. The summed E-state index contributed by atoms with van der Waals surface area (Å²) >= 11 is 0. The number of nitrogens with zero attached hydrogens (tertiary/aromatic N) is 2. The minimum atomic E-state index is -0.453. The summed E-state index contributed by atoms with van der Waals surface area (Å²) in [5.41, 5.74) is 7.33. The van der Waals surface area contributed by atoms with Crippen LogP contribution in [0.3, 0.4) is 0 Å². The van der Waals surface area contributed by atoms with Gasteiger partial charge in [-0.2, -0.15) is 0 Å². The van der Waals surface area contributed by atoms with E-state index in [1.165, 1.54) is 6.07 Å². The molecule has 27 heavy (non-hydrogen) atoms. The molecule has 0 spiro atoms. The lowest BCUT2D eigenvalue weighted by molar-refractivity contribution is -0.115. The van der Waals surface area contributed by atoms with Crippen molar-refractivity contribution in [2.24, 2.45) is 0 Å². The highest BCUT2D eigenvalue weighted by Crippen LogP contribution is 2.48. The van der Waals surface area contributed by atoms with Crippen LogP contribution in [-0.2, 0) is 16.6 Å². The van der Waals surface area contributed by atoms with Gasteiger partial charge >= 0.3 is 0 Å². The first-order valence-corrected chi connectivity index (χ1v) is 8.70. The van der Waals surface area contributed by atoms with Gasteiger partial charge in [-0.1, -0.05) is 24.2 Å². The van der Waals surface area contributed by atoms with E-state index >= 15 is 0 Å². The molecule has 3 N–H and O–H groups in total. The van der Waals surface area contributed by atoms with Crippen molar-refractivity contribution in [1.29, 1.82) is 0 Å². The quantitative estimate of drug-likeness (QED) is 0.718. The molecule has 2 heterocycles. The number of anilines is 2. The Kier molecular flexibility index (Phi) is 4.14. The highest BCUT2D eigenvalue weighted by Gasteiger charge is 2.42. The summed E-state index contributed by atoms with van der Waals surface area (Å²) in [7, 11) is 0. The van der Waals surface area contributed by atoms with Crippen LogP contribution < -0.4 is 11.1 Å². The fraction of sp³-hybridized carbons (Fsp3) is 0.250. The minimum Gasteiger partial charge on any atom is -0.384 e. The Hall–Kier alpha value is -3.22. The summed E-state index contributed by atoms with van der Waals surface area (Å²) < 4.78 is 19.7. The molecule has 0 saturated heterocycles. The smallest absolute Gasteiger partial charge is 0.230 e. The third kappa shape index (κ3) is 3.67. The molecule has 0 aliphatic heterocycles. The Labute approximate surface area is 155 Å². The van der Waals surface area contributed by atoms with Gasteiger partial charge in [-0.25, -0.2) is 9.37 Å². The number of nitrogens with one attached hydrogen (secondary N) is 1. The monoisotopic (exact) mass is 366 g/mol. The largest absolute Gasteiger partial charge is 0.384 e. The SMILES string of the molecule is CC1(c2cc(NC(=O)Cc3ccc(-c4ccc(N)nc4)cc3F)no2)CC1. The second-order valence-corrected chi connectivity index (χ2v) is 7.14. The molecule has 1 fully saturated rings. The number of carbonyl (C=O) groups excluding carboxylic acids is 1. The van der Waals surface area contributed by atoms with E-state index < -0.39 is 5.82 Å². The van der Waals surface area contributed by atoms with Crippen molar-refractivity contribution >= 4 is 17.5 Å². The van der Waals surface area contributed by atoms with Crippen molar-refractivity contribution in [3.05, 3.63) is 59.7 Å². The van der Waals surface area contributed by atoms with Crippen LogP contribution in [0, 0.1) is 5.82 Å². The Morgan fingerprint density at radius 2 is 2.04 bits per heavy atom. The number of pyridine rings is 1. The van der Waals surface area contributed by atoms with Gasteiger partial charge < -0.3 is 15.6 Å². The van der Waals surface area contributed by atoms with Crippen LogP contribution in [-0.4, -0.2) is 16.0 Å². The number of hydrogen-bond acceptors (Lipinski definition) is 5. The first-order valence-electron chi connectivity index (χ1n) is 8.70. The van der Waals surface area contributed by atoms with Crippen molar-refractivity contribution in [1.82, 2.24) is 10.1 Å². The molecular weight excluding hydrogens is 347 g/mol. The maximum Gasteiger partial charge on any atom is 0.230 e. The first kappa shape index (κ1) is 17.2. The van der Waals surface area contributed by atoms with Crippen LogP contribution in [0.1, 0.15) is 31.1 Å². The van der Waals surface area contributed by atoms with E-state index in [4.69, 9.17) is 10.3 Å². The standard InChI is InChI=1S/C20H19FN4O2/c1-20(6-7-20)16-10-18(25-27-16)24-19(26)9-13-3-2-12(8-15(13)21)14-4-5-17(22)23-11-14/h2-5,8,10-11H,6-7,9H2,1H3,(H2,22,23)(H,24,25,26). The third-order valence-electron chi connectivity index (χ3n) is 4.90. The molecule has 0 unspecified atom stereocenters. The summed E-state index contributed by atoms with van der Waals surface area (Å²) in [6, 6.07) is 9.90. The summed E-state index contributed by atoms with van der Waals surface area (Å²) in [5, 5.41) is 6.53. The first-order chi connectivity index (χ1) is 12.9. The number of rotatable bonds is 5. The highest BCUT2D eigenvalue weighted by molar-refractivity contribution is 5.91. The van der Waals surface area contributed by atoms with Crippen molar-refractivity contribution < 1.29 is 13.7 Å². The Bertz CT molecular complexity index is 993. The maximum atomic E-state index is 14.4. The number of carbonyl (C=O) groups is 1. The predicted octanol–water partition coefficient (Wildman–Crippen LogP) is 3.69. The van der Waals surface area contributed by atoms with E-state index in [2.05, 4.69) is 22.4 Å². The molecule has 7 heteroatoms. The fourth-order valence-corrected chi connectivity index (χ4v) is 2.86. The molecule has 3 aromatic rings. The second-order valence-electron chi connectivity index (χ2n) is 7.14. The highest BCUT2D eigenvalue weighted by atomic mass is 19.1. The number of amides is 1. The molecule has 0 bridgehead atoms. The average molecular weight is 366 g/mol. The zero-order valence-corrected chi connectivity index (χ0v) is 14.8. The van der Waals surface area contributed by atoms with Crippen molar-refractivity contribution in [2.45, 2.75) is 31.6 Å². The minimum absolute atomic E-state index is 0.0366. The number of benzene rings is 1. The Morgan fingerprint density at radius 1 is 1.26 bits per heavy atom. The molecule has 1 aromatic carbocycles. The van der Waals surface area contributed by atoms with Gasteiger partial charge in [0.2, 0.25) is 5.91 Å². The summed E-state index contributed by atoms with van der Waals surface area (Å²) in [6.07, 6.45) is 3.60. The van der Waals surface area contributed by atoms with Crippen LogP contribution in [0.4, 0.5) is 16.0 Å². The summed E-state index contributed by atoms with van der Waals surface area (Å²) in [6.45, 7) is 2.09. The lowest BCUT2D eigenvalue weighted by Crippen LogP contribution is -2.15. The van der Waals surface area contributed by atoms with Crippen molar-refractivity contribution in [2.75, 3.05) is 11.1 Å². The van der Waals surface area contributed by atoms with Gasteiger partial charge in [-0.15, -0.1) is 0 Å². The molecule has 1 saturated carbocycles. The number of nitrogens with two attached hydrogens (primary N) is 1. The Balaban J connectivity index is 1.43. The lowest BCUT2D eigenvalue weighted by Gasteiger charge is -2.07. The molecular formula is C20H19FN4O2. The van der Waals surface area contributed by atoms with E-state index in [0.29, 0.717) is 22.8 Å². The van der Waals surface area contributed by atoms with Crippen molar-refractivity contribution in [3.8, 4) is 11.1 Å². The summed E-state index contributed by atoms with van der Waals surface area (Å²) in [4.78, 5) is 16.2. The molecule has 138 valence electrons. The van der Waals surface area contributed by atoms with Gasteiger partial charge in [0, 0.05) is 23.2 Å². The lowest BCUT2D eigenvalue weighted by atomic mass is 10.0. The normalized spacial score (nSPS) is 14.7. The fourth-order valence-electron chi connectivity index (χ4n) is 2.86. The molecule has 6 nitrogen and oxygen atoms in total. The van der Waals surface area contributed by atoms with E-state index in [0.717, 1.165) is 24.2 Å². The van der Waals surface area contributed by atoms with E-state index in [-0.39, 0.29) is 17.7 Å². The van der Waals surface area contributed by atoms with Crippen LogP contribution >= 0.6 is 0 Å². The molecule has 1 aliphatic carbocycles. The van der Waals surface area contributed by atoms with Gasteiger partial charge in [0.15, 0.2) is 5.82 Å². The van der Waals surface area contributed by atoms with Gasteiger partial charge in [-0.3, -0.25) is 4.79 Å². The van der Waals surface area contributed by atoms with Crippen molar-refractivity contribution in [3.63, 3.8) is 0 Å². The van der Waals surface area contributed by atoms with E-state index in [9.17, 15) is 9.18 Å². The molecule has 2 aromatic heterocycles. The molecule has 0 atom stereocenters.